The molecule has 1 aromatic heterocycles. The van der Waals surface area contributed by atoms with Crippen molar-refractivity contribution >= 4 is 5.82 Å². The molecule has 4 heteroatoms. The van der Waals surface area contributed by atoms with E-state index in [1.165, 1.54) is 43.4 Å². The highest BCUT2D eigenvalue weighted by atomic mass is 16.5. The van der Waals surface area contributed by atoms with Crippen molar-refractivity contribution in [2.45, 2.75) is 63.8 Å². The average Bonchev–Trinajstić information content (AvgIpc) is 3.20. The Labute approximate surface area is 126 Å². The number of nitrogens with zero attached hydrogens (tertiary/aromatic N) is 2. The Morgan fingerprint density at radius 1 is 1.29 bits per heavy atom. The van der Waals surface area contributed by atoms with Gasteiger partial charge in [0.1, 0.15) is 5.82 Å². The quantitative estimate of drug-likeness (QED) is 0.923. The largest absolute Gasteiger partial charge is 0.374 e. The van der Waals surface area contributed by atoms with Gasteiger partial charge in [0.2, 0.25) is 0 Å². The second-order valence-electron chi connectivity index (χ2n) is 6.67. The zero-order chi connectivity index (χ0) is 14.2. The third-order valence-corrected chi connectivity index (χ3v) is 5.12. The molecule has 0 aromatic carbocycles. The van der Waals surface area contributed by atoms with Crippen LogP contribution in [0.2, 0.25) is 0 Å². The summed E-state index contributed by atoms with van der Waals surface area (Å²) in [5.74, 6) is 1.14. The van der Waals surface area contributed by atoms with Crippen molar-refractivity contribution < 1.29 is 4.74 Å². The van der Waals surface area contributed by atoms with E-state index in [9.17, 15) is 0 Å². The van der Waals surface area contributed by atoms with Crippen LogP contribution in [0.4, 0.5) is 5.82 Å². The maximum Gasteiger partial charge on any atom is 0.129 e. The number of fused-ring (bicyclic) bond motifs is 1. The number of nitrogens with one attached hydrogen (secondary N) is 1. The van der Waals surface area contributed by atoms with Gasteiger partial charge >= 0.3 is 0 Å². The Bertz CT molecular complexity index is 515. The summed E-state index contributed by atoms with van der Waals surface area (Å²) in [6.45, 7) is 4.92. The van der Waals surface area contributed by atoms with Crippen molar-refractivity contribution in [1.82, 2.24) is 10.3 Å². The topological polar surface area (TPSA) is 37.4 Å². The lowest BCUT2D eigenvalue weighted by Gasteiger charge is -2.38. The molecule has 2 heterocycles. The molecule has 4 nitrogen and oxygen atoms in total. The van der Waals surface area contributed by atoms with Crippen LogP contribution in [0.1, 0.15) is 43.4 Å². The Balaban J connectivity index is 1.50. The molecule has 3 aliphatic rings. The molecule has 1 N–H and O–H groups in total. The molecule has 4 rings (SSSR count). The van der Waals surface area contributed by atoms with Crippen LogP contribution in [0.25, 0.3) is 0 Å². The summed E-state index contributed by atoms with van der Waals surface area (Å²) in [5, 5.41) is 3.58. The number of hydrogen-bond donors (Lipinski definition) is 1. The lowest BCUT2D eigenvalue weighted by molar-refractivity contribution is 0.0253. The normalized spacial score (nSPS) is 28.7. The number of rotatable bonds is 4. The van der Waals surface area contributed by atoms with E-state index in [0.717, 1.165) is 31.6 Å². The maximum atomic E-state index is 5.90. The molecule has 2 aliphatic carbocycles. The molecule has 21 heavy (non-hydrogen) atoms. The lowest BCUT2D eigenvalue weighted by atomic mass is 10.1. The van der Waals surface area contributed by atoms with Crippen LogP contribution < -0.4 is 10.2 Å². The summed E-state index contributed by atoms with van der Waals surface area (Å²) in [6.07, 6.45) is 6.84. The van der Waals surface area contributed by atoms with E-state index in [0.29, 0.717) is 12.1 Å². The Kier molecular flexibility index (Phi) is 3.59. The molecule has 114 valence electrons. The Morgan fingerprint density at radius 3 is 3.00 bits per heavy atom. The van der Waals surface area contributed by atoms with Gasteiger partial charge in [-0.2, -0.15) is 0 Å². The highest BCUT2D eigenvalue weighted by Gasteiger charge is 2.36. The molecule has 0 bridgehead atoms. The molecule has 1 aliphatic heterocycles. The zero-order valence-electron chi connectivity index (χ0n) is 12.8. The Morgan fingerprint density at radius 2 is 2.19 bits per heavy atom. The summed E-state index contributed by atoms with van der Waals surface area (Å²) in [4.78, 5) is 7.36. The van der Waals surface area contributed by atoms with Gasteiger partial charge in [0, 0.05) is 24.8 Å². The minimum atomic E-state index is 0.428. The first-order chi connectivity index (χ1) is 10.3. The number of ether oxygens (including phenoxy) is 1. The Hall–Kier alpha value is -1.13. The van der Waals surface area contributed by atoms with Crippen LogP contribution in [0, 0.1) is 6.92 Å². The van der Waals surface area contributed by atoms with Gasteiger partial charge in [0.05, 0.1) is 18.8 Å². The van der Waals surface area contributed by atoms with Gasteiger partial charge < -0.3 is 15.0 Å². The van der Waals surface area contributed by atoms with E-state index in [4.69, 9.17) is 9.72 Å². The third-order valence-electron chi connectivity index (χ3n) is 5.12. The number of anilines is 1. The molecule has 3 fully saturated rings. The van der Waals surface area contributed by atoms with Crippen molar-refractivity contribution in [3.05, 3.63) is 23.4 Å². The van der Waals surface area contributed by atoms with Crippen molar-refractivity contribution in [2.24, 2.45) is 0 Å². The lowest BCUT2D eigenvalue weighted by Crippen LogP contribution is -2.49. The SMILES string of the molecule is Cc1nc(N2CCOC3CCCC32)ccc1CNC1CC1. The van der Waals surface area contributed by atoms with Crippen LogP contribution in [-0.4, -0.2) is 36.3 Å². The van der Waals surface area contributed by atoms with Gasteiger partial charge in [-0.25, -0.2) is 4.98 Å². The molecule has 2 unspecified atom stereocenters. The standard InChI is InChI=1S/C17H25N3O/c1-12-13(11-18-14-6-7-14)5-8-17(19-12)20-9-10-21-16-4-2-3-15(16)20/h5,8,14-16,18H,2-4,6-7,9-11H2,1H3. The van der Waals surface area contributed by atoms with E-state index in [1.54, 1.807) is 0 Å². The number of hydrogen-bond acceptors (Lipinski definition) is 4. The first kappa shape index (κ1) is 13.5. The van der Waals surface area contributed by atoms with Gasteiger partial charge in [-0.05, 0) is 50.7 Å². The molecular weight excluding hydrogens is 262 g/mol. The highest BCUT2D eigenvalue weighted by molar-refractivity contribution is 5.44. The zero-order valence-corrected chi connectivity index (χ0v) is 12.8. The number of pyridine rings is 1. The third kappa shape index (κ3) is 2.79. The van der Waals surface area contributed by atoms with Gasteiger partial charge in [-0.3, -0.25) is 0 Å². The summed E-state index contributed by atoms with van der Waals surface area (Å²) >= 11 is 0. The smallest absolute Gasteiger partial charge is 0.129 e. The monoisotopic (exact) mass is 287 g/mol. The van der Waals surface area contributed by atoms with Gasteiger partial charge in [-0.15, -0.1) is 0 Å². The highest BCUT2D eigenvalue weighted by Crippen LogP contribution is 2.32. The van der Waals surface area contributed by atoms with Crippen LogP contribution in [-0.2, 0) is 11.3 Å². The summed E-state index contributed by atoms with van der Waals surface area (Å²) in [5.41, 5.74) is 2.50. The molecule has 2 atom stereocenters. The minimum absolute atomic E-state index is 0.428. The van der Waals surface area contributed by atoms with Crippen molar-refractivity contribution in [2.75, 3.05) is 18.1 Å². The fourth-order valence-corrected chi connectivity index (χ4v) is 3.68. The van der Waals surface area contributed by atoms with Crippen molar-refractivity contribution in [3.63, 3.8) is 0 Å². The van der Waals surface area contributed by atoms with Crippen LogP contribution >= 0.6 is 0 Å². The van der Waals surface area contributed by atoms with E-state index in [2.05, 4.69) is 29.3 Å². The molecule has 1 saturated heterocycles. The molecule has 0 amide bonds. The first-order valence-corrected chi connectivity index (χ1v) is 8.39. The average molecular weight is 287 g/mol. The predicted molar refractivity (Wildman–Crippen MR) is 83.6 cm³/mol. The summed E-state index contributed by atoms with van der Waals surface area (Å²) in [6, 6.07) is 5.76. The predicted octanol–water partition coefficient (Wildman–Crippen LogP) is 2.40. The van der Waals surface area contributed by atoms with Crippen molar-refractivity contribution in [1.29, 1.82) is 0 Å². The van der Waals surface area contributed by atoms with E-state index < -0.39 is 0 Å². The second-order valence-corrected chi connectivity index (χ2v) is 6.67. The fraction of sp³-hybridized carbons (Fsp3) is 0.706. The van der Waals surface area contributed by atoms with Crippen LogP contribution in [0.5, 0.6) is 0 Å². The first-order valence-electron chi connectivity index (χ1n) is 8.39. The van der Waals surface area contributed by atoms with Crippen LogP contribution in [0.3, 0.4) is 0 Å². The molecule has 0 spiro atoms. The van der Waals surface area contributed by atoms with E-state index in [-0.39, 0.29) is 0 Å². The van der Waals surface area contributed by atoms with Crippen molar-refractivity contribution in [3.8, 4) is 0 Å². The van der Waals surface area contributed by atoms with Gasteiger partial charge in [0.15, 0.2) is 0 Å². The number of aromatic nitrogens is 1. The molecular formula is C17H25N3O. The van der Waals surface area contributed by atoms with Gasteiger partial charge in [0.25, 0.3) is 0 Å². The molecule has 0 radical (unpaired) electrons. The van der Waals surface area contributed by atoms with E-state index in [1.807, 2.05) is 0 Å². The summed E-state index contributed by atoms with van der Waals surface area (Å²) in [7, 11) is 0. The van der Waals surface area contributed by atoms with Gasteiger partial charge in [-0.1, -0.05) is 6.07 Å². The second kappa shape index (κ2) is 5.58. The fourth-order valence-electron chi connectivity index (χ4n) is 3.68. The molecule has 2 saturated carbocycles. The number of morpholine rings is 1. The molecule has 1 aromatic rings. The maximum absolute atomic E-state index is 5.90. The minimum Gasteiger partial charge on any atom is -0.374 e. The summed E-state index contributed by atoms with van der Waals surface area (Å²) < 4.78 is 5.90. The van der Waals surface area contributed by atoms with Crippen LogP contribution in [0.15, 0.2) is 12.1 Å². The van der Waals surface area contributed by atoms with E-state index >= 15 is 0 Å². The number of aryl methyl sites for hydroxylation is 1.